The Morgan fingerprint density at radius 2 is 1.92 bits per heavy atom. The van der Waals surface area contributed by atoms with Gasteiger partial charge in [0.15, 0.2) is 9.84 Å². The van der Waals surface area contributed by atoms with Gasteiger partial charge in [0.05, 0.1) is 4.90 Å². The lowest BCUT2D eigenvalue weighted by atomic mass is 9.88. The lowest BCUT2D eigenvalue weighted by Crippen LogP contribution is -2.41. The highest BCUT2D eigenvalue weighted by atomic mass is 79.9. The fourth-order valence-corrected chi connectivity index (χ4v) is 5.74. The van der Waals surface area contributed by atoms with Crippen LogP contribution >= 0.6 is 15.9 Å². The van der Waals surface area contributed by atoms with Crippen molar-refractivity contribution in [2.24, 2.45) is 0 Å². The molecule has 0 saturated heterocycles. The van der Waals surface area contributed by atoms with E-state index < -0.39 is 20.9 Å². The summed E-state index contributed by atoms with van der Waals surface area (Å²) >= 11 is 3.44. The van der Waals surface area contributed by atoms with Gasteiger partial charge in [-0.1, -0.05) is 22.0 Å². The molecule has 24 heavy (non-hydrogen) atoms. The van der Waals surface area contributed by atoms with Crippen molar-refractivity contribution in [1.82, 2.24) is 5.32 Å². The second kappa shape index (κ2) is 6.94. The first-order valence-corrected chi connectivity index (χ1v) is 10.1. The number of aryl methyl sites for hydroxylation is 1. The minimum Gasteiger partial charge on any atom is -0.312 e. The number of fused-ring (bicyclic) bond motifs is 1. The van der Waals surface area contributed by atoms with E-state index in [1.165, 1.54) is 24.3 Å². The zero-order valence-electron chi connectivity index (χ0n) is 13.0. The molecule has 0 spiro atoms. The van der Waals surface area contributed by atoms with E-state index in [4.69, 9.17) is 0 Å². The molecular weight excluding hydrogens is 393 g/mol. The Kier molecular flexibility index (Phi) is 5.08. The van der Waals surface area contributed by atoms with Crippen LogP contribution in [0.1, 0.15) is 22.8 Å². The quantitative estimate of drug-likeness (QED) is 0.778. The molecule has 1 N–H and O–H groups in total. The van der Waals surface area contributed by atoms with Crippen molar-refractivity contribution in [2.45, 2.75) is 29.0 Å². The maximum atomic E-state index is 13.2. The molecule has 2 unspecified atom stereocenters. The second-order valence-electron chi connectivity index (χ2n) is 5.86. The minimum atomic E-state index is -3.65. The molecule has 3 nitrogen and oxygen atoms in total. The number of benzene rings is 2. The molecule has 1 aliphatic carbocycles. The predicted octanol–water partition coefficient (Wildman–Crippen LogP) is 3.84. The average molecular weight is 411 g/mol. The Hall–Kier alpha value is -1.24. The molecule has 1 aliphatic rings. The van der Waals surface area contributed by atoms with Crippen molar-refractivity contribution in [3.63, 3.8) is 0 Å². The number of rotatable bonds is 4. The van der Waals surface area contributed by atoms with Gasteiger partial charge < -0.3 is 5.32 Å². The first-order valence-electron chi connectivity index (χ1n) is 7.74. The van der Waals surface area contributed by atoms with Crippen LogP contribution in [0.15, 0.2) is 51.8 Å². The summed E-state index contributed by atoms with van der Waals surface area (Å²) in [6, 6.07) is 10.5. The summed E-state index contributed by atoms with van der Waals surface area (Å²) in [6.07, 6.45) is 1.52. The van der Waals surface area contributed by atoms with Gasteiger partial charge in [-0.2, -0.15) is 0 Å². The van der Waals surface area contributed by atoms with E-state index in [0.717, 1.165) is 22.0 Å². The molecule has 127 valence electrons. The van der Waals surface area contributed by atoms with E-state index in [1.807, 2.05) is 18.2 Å². The van der Waals surface area contributed by atoms with Crippen molar-refractivity contribution in [3.8, 4) is 0 Å². The van der Waals surface area contributed by atoms with Gasteiger partial charge in [-0.25, -0.2) is 12.8 Å². The summed E-state index contributed by atoms with van der Waals surface area (Å²) in [5, 5.41) is 2.49. The first kappa shape index (κ1) is 17.6. The van der Waals surface area contributed by atoms with Gasteiger partial charge in [-0.3, -0.25) is 0 Å². The Morgan fingerprint density at radius 1 is 1.21 bits per heavy atom. The number of hydrogen-bond donors (Lipinski definition) is 1. The van der Waals surface area contributed by atoms with Gasteiger partial charge in [0.25, 0.3) is 0 Å². The lowest BCUT2D eigenvalue weighted by molar-refractivity contribution is 0.449. The highest BCUT2D eigenvalue weighted by molar-refractivity contribution is 9.10. The Morgan fingerprint density at radius 3 is 2.58 bits per heavy atom. The topological polar surface area (TPSA) is 46.2 Å². The number of nitrogens with one attached hydrogen (secondary N) is 1. The summed E-state index contributed by atoms with van der Waals surface area (Å²) in [7, 11) is -3.65. The number of halogens is 2. The predicted molar refractivity (Wildman–Crippen MR) is 95.9 cm³/mol. The lowest BCUT2D eigenvalue weighted by Gasteiger charge is -2.34. The molecule has 0 bridgehead atoms. The fraction of sp³-hybridized carbons (Fsp3) is 0.278. The van der Waals surface area contributed by atoms with E-state index in [2.05, 4.69) is 28.2 Å². The van der Waals surface area contributed by atoms with Crippen LogP contribution in [0.5, 0.6) is 0 Å². The molecule has 6 heteroatoms. The van der Waals surface area contributed by atoms with Gasteiger partial charge in [-0.05, 0) is 73.8 Å². The number of sulfone groups is 1. The maximum Gasteiger partial charge on any atom is 0.186 e. The zero-order chi connectivity index (χ0) is 17.3. The van der Waals surface area contributed by atoms with Crippen LogP contribution in [0.4, 0.5) is 4.39 Å². The molecule has 2 aromatic rings. The molecule has 3 rings (SSSR count). The van der Waals surface area contributed by atoms with Gasteiger partial charge in [0.1, 0.15) is 11.1 Å². The third kappa shape index (κ3) is 3.27. The zero-order valence-corrected chi connectivity index (χ0v) is 15.4. The molecule has 0 saturated carbocycles. The smallest absolute Gasteiger partial charge is 0.186 e. The van der Waals surface area contributed by atoms with Crippen LogP contribution < -0.4 is 5.32 Å². The molecule has 0 amide bonds. The molecule has 1 radical (unpaired) electrons. The Bertz CT molecular complexity index is 837. The molecule has 0 heterocycles. The van der Waals surface area contributed by atoms with Gasteiger partial charge >= 0.3 is 0 Å². The molecule has 0 aromatic heterocycles. The van der Waals surface area contributed by atoms with E-state index in [0.29, 0.717) is 13.0 Å². The van der Waals surface area contributed by atoms with Crippen molar-refractivity contribution >= 4 is 25.8 Å². The summed E-state index contributed by atoms with van der Waals surface area (Å²) < 4.78 is 40.6. The van der Waals surface area contributed by atoms with E-state index in [-0.39, 0.29) is 10.9 Å². The van der Waals surface area contributed by atoms with Crippen LogP contribution in [0.25, 0.3) is 0 Å². The average Bonchev–Trinajstić information content (AvgIpc) is 2.55. The van der Waals surface area contributed by atoms with Crippen molar-refractivity contribution in [2.75, 3.05) is 6.54 Å². The molecule has 2 atom stereocenters. The van der Waals surface area contributed by atoms with E-state index in [9.17, 15) is 12.8 Å². The van der Waals surface area contributed by atoms with E-state index in [1.54, 1.807) is 0 Å². The van der Waals surface area contributed by atoms with Crippen LogP contribution in [0.2, 0.25) is 0 Å². The van der Waals surface area contributed by atoms with Gasteiger partial charge in [0.2, 0.25) is 0 Å². The van der Waals surface area contributed by atoms with Crippen molar-refractivity contribution in [1.29, 1.82) is 0 Å². The maximum absolute atomic E-state index is 13.2. The third-order valence-electron chi connectivity index (χ3n) is 4.38. The van der Waals surface area contributed by atoms with E-state index >= 15 is 0 Å². The normalized spacial score (nSPS) is 20.6. The van der Waals surface area contributed by atoms with Crippen LogP contribution in [-0.2, 0) is 16.3 Å². The second-order valence-corrected chi connectivity index (χ2v) is 8.85. The van der Waals surface area contributed by atoms with Crippen LogP contribution in [0, 0.1) is 12.7 Å². The van der Waals surface area contributed by atoms with Gasteiger partial charge in [0, 0.05) is 10.5 Å². The summed E-state index contributed by atoms with van der Waals surface area (Å²) in [4.78, 5) is 0.139. The minimum absolute atomic E-state index is 0.139. The Labute approximate surface area is 150 Å². The molecular formula is C18H18BrFNO2S. The molecule has 0 fully saturated rings. The summed E-state index contributed by atoms with van der Waals surface area (Å²) in [6.45, 7) is 4.24. The third-order valence-corrected chi connectivity index (χ3v) is 7.06. The highest BCUT2D eigenvalue weighted by Crippen LogP contribution is 2.40. The SMILES string of the molecule is [CH2]CNC1CCc2cc(Br)ccc2C1S(=O)(=O)c1ccc(F)cc1. The first-order chi connectivity index (χ1) is 11.4. The van der Waals surface area contributed by atoms with Crippen molar-refractivity contribution in [3.05, 3.63) is 70.8 Å². The molecule has 2 aromatic carbocycles. The summed E-state index contributed by atoms with van der Waals surface area (Å²) in [5.74, 6) is -0.450. The van der Waals surface area contributed by atoms with Gasteiger partial charge in [-0.15, -0.1) is 0 Å². The Balaban J connectivity index is 2.12. The summed E-state index contributed by atoms with van der Waals surface area (Å²) in [5.41, 5.74) is 1.84. The van der Waals surface area contributed by atoms with Crippen LogP contribution in [0.3, 0.4) is 0 Å². The van der Waals surface area contributed by atoms with Crippen molar-refractivity contribution < 1.29 is 12.8 Å². The molecule has 0 aliphatic heterocycles. The largest absolute Gasteiger partial charge is 0.312 e. The fourth-order valence-electron chi connectivity index (χ4n) is 3.30. The monoisotopic (exact) mass is 410 g/mol. The standard InChI is InChI=1S/C18H18BrFNO2S/c1-2-21-17-10-3-12-11-13(19)4-9-16(12)18(17)24(22,23)15-7-5-14(20)6-8-15/h4-9,11,17-18,21H,1-3,10H2. The number of hydrogen-bond acceptors (Lipinski definition) is 3. The van der Waals surface area contributed by atoms with Crippen LogP contribution in [-0.4, -0.2) is 21.0 Å². The highest BCUT2D eigenvalue weighted by Gasteiger charge is 2.39.